The van der Waals surface area contributed by atoms with Crippen LogP contribution >= 0.6 is 0 Å². The molecule has 0 radical (unpaired) electrons. The summed E-state index contributed by atoms with van der Waals surface area (Å²) < 4.78 is 6.01. The van der Waals surface area contributed by atoms with E-state index in [-0.39, 0.29) is 42.6 Å². The minimum absolute atomic E-state index is 0.00362. The van der Waals surface area contributed by atoms with E-state index in [2.05, 4.69) is 32.1 Å². The van der Waals surface area contributed by atoms with E-state index in [0.717, 1.165) is 5.57 Å². The summed E-state index contributed by atoms with van der Waals surface area (Å²) in [5.74, 6) is -0.902. The van der Waals surface area contributed by atoms with Gasteiger partial charge in [-0.15, -0.1) is 0 Å². The summed E-state index contributed by atoms with van der Waals surface area (Å²) in [5, 5.41) is 39.0. The standard InChI is InChI=1S/C25H40O7/c1-14-10-17-7-6-15(2)20(9-8-18(27)12-19(28)13-22(29)30)23(17)21(11-14)32-24(31)25(4,5)16(3)26/h6-7,10,14-16,18-21,23,26-28H,8-9,11-13H2,1-5H3,(H,29,30)/t14-,15-,16-,18+,19+,20-,21-,23-/m0/s1. The number of aliphatic carboxylic acids is 1. The largest absolute Gasteiger partial charge is 0.481 e. The molecule has 7 nitrogen and oxygen atoms in total. The third-order valence-corrected chi connectivity index (χ3v) is 7.21. The average Bonchev–Trinajstić information content (AvgIpc) is 2.66. The molecule has 0 aromatic heterocycles. The molecule has 0 amide bonds. The van der Waals surface area contributed by atoms with Crippen LogP contribution in [0.5, 0.6) is 0 Å². The Labute approximate surface area is 191 Å². The molecule has 8 atom stereocenters. The molecule has 0 bridgehead atoms. The molecule has 0 saturated carbocycles. The van der Waals surface area contributed by atoms with Crippen molar-refractivity contribution in [1.82, 2.24) is 0 Å². The molecular weight excluding hydrogens is 412 g/mol. The van der Waals surface area contributed by atoms with E-state index in [1.807, 2.05) is 0 Å². The normalized spacial score (nSPS) is 30.6. The van der Waals surface area contributed by atoms with Gasteiger partial charge in [0.05, 0.1) is 30.1 Å². The van der Waals surface area contributed by atoms with Crippen molar-refractivity contribution in [1.29, 1.82) is 0 Å². The third kappa shape index (κ3) is 6.65. The Morgan fingerprint density at radius 1 is 1.19 bits per heavy atom. The predicted molar refractivity (Wildman–Crippen MR) is 121 cm³/mol. The van der Waals surface area contributed by atoms with Gasteiger partial charge < -0.3 is 25.2 Å². The number of fused-ring (bicyclic) bond motifs is 1. The lowest BCUT2D eigenvalue weighted by molar-refractivity contribution is -0.170. The number of aliphatic hydroxyl groups excluding tert-OH is 3. The topological polar surface area (TPSA) is 124 Å². The fourth-order valence-corrected chi connectivity index (χ4v) is 4.78. The summed E-state index contributed by atoms with van der Waals surface area (Å²) in [6.07, 6.45) is 4.88. The van der Waals surface area contributed by atoms with E-state index >= 15 is 0 Å². The summed E-state index contributed by atoms with van der Waals surface area (Å²) in [6, 6.07) is 0. The van der Waals surface area contributed by atoms with Gasteiger partial charge in [-0.25, -0.2) is 0 Å². The molecule has 2 aliphatic carbocycles. The number of ether oxygens (including phenoxy) is 1. The maximum atomic E-state index is 12.9. The molecule has 0 aliphatic heterocycles. The molecule has 7 heteroatoms. The number of carboxylic acids is 1. The Kier molecular flexibility index (Phi) is 9.08. The fraction of sp³-hybridized carbons (Fsp3) is 0.760. The first kappa shape index (κ1) is 26.6. The van der Waals surface area contributed by atoms with Gasteiger partial charge in [-0.2, -0.15) is 0 Å². The summed E-state index contributed by atoms with van der Waals surface area (Å²) >= 11 is 0. The zero-order chi connectivity index (χ0) is 24.2. The maximum absolute atomic E-state index is 12.9. The summed E-state index contributed by atoms with van der Waals surface area (Å²) in [7, 11) is 0. The summed E-state index contributed by atoms with van der Waals surface area (Å²) in [6.45, 7) is 9.16. The Bertz CT molecular complexity index is 724. The first-order chi connectivity index (χ1) is 14.8. The molecule has 0 unspecified atom stereocenters. The van der Waals surface area contributed by atoms with Crippen LogP contribution in [0, 0.1) is 29.1 Å². The van der Waals surface area contributed by atoms with Crippen molar-refractivity contribution in [2.45, 2.75) is 91.1 Å². The molecular formula is C25H40O7. The van der Waals surface area contributed by atoms with Gasteiger partial charge in [0.15, 0.2) is 0 Å². The van der Waals surface area contributed by atoms with Crippen LogP contribution in [0.3, 0.4) is 0 Å². The van der Waals surface area contributed by atoms with Crippen molar-refractivity contribution in [2.75, 3.05) is 0 Å². The first-order valence-corrected chi connectivity index (χ1v) is 11.7. The zero-order valence-corrected chi connectivity index (χ0v) is 19.9. The number of carboxylic acid groups (broad SMARTS) is 1. The lowest BCUT2D eigenvalue weighted by Gasteiger charge is -2.44. The molecule has 4 N–H and O–H groups in total. The van der Waals surface area contributed by atoms with Gasteiger partial charge in [0.1, 0.15) is 6.10 Å². The van der Waals surface area contributed by atoms with Gasteiger partial charge >= 0.3 is 11.9 Å². The van der Waals surface area contributed by atoms with Crippen LogP contribution in [-0.4, -0.2) is 56.8 Å². The van der Waals surface area contributed by atoms with E-state index in [9.17, 15) is 24.9 Å². The minimum Gasteiger partial charge on any atom is -0.481 e. The van der Waals surface area contributed by atoms with Crippen molar-refractivity contribution in [3.8, 4) is 0 Å². The fourth-order valence-electron chi connectivity index (χ4n) is 4.78. The smallest absolute Gasteiger partial charge is 0.314 e. The highest BCUT2D eigenvalue weighted by Gasteiger charge is 2.44. The monoisotopic (exact) mass is 452 g/mol. The van der Waals surface area contributed by atoms with Gasteiger partial charge in [-0.05, 0) is 69.8 Å². The predicted octanol–water partition coefficient (Wildman–Crippen LogP) is 3.08. The summed E-state index contributed by atoms with van der Waals surface area (Å²) in [5.41, 5.74) is 0.132. The molecule has 0 heterocycles. The van der Waals surface area contributed by atoms with Crippen LogP contribution in [0.4, 0.5) is 0 Å². The molecule has 182 valence electrons. The second-order valence-electron chi connectivity index (χ2n) is 10.3. The van der Waals surface area contributed by atoms with Crippen molar-refractivity contribution in [2.24, 2.45) is 29.1 Å². The highest BCUT2D eigenvalue weighted by Crippen LogP contribution is 2.45. The number of rotatable bonds is 10. The van der Waals surface area contributed by atoms with Gasteiger partial charge in [0.25, 0.3) is 0 Å². The number of esters is 1. The quantitative estimate of drug-likeness (QED) is 0.376. The van der Waals surface area contributed by atoms with Crippen LogP contribution < -0.4 is 0 Å². The molecule has 2 rings (SSSR count). The van der Waals surface area contributed by atoms with Crippen molar-refractivity contribution >= 4 is 11.9 Å². The number of carbonyl (C=O) groups is 2. The lowest BCUT2D eigenvalue weighted by atomic mass is 9.65. The third-order valence-electron chi connectivity index (χ3n) is 7.21. The van der Waals surface area contributed by atoms with Gasteiger partial charge in [-0.1, -0.05) is 32.1 Å². The van der Waals surface area contributed by atoms with E-state index in [1.165, 1.54) is 0 Å². The van der Waals surface area contributed by atoms with Crippen LogP contribution in [0.15, 0.2) is 23.8 Å². The molecule has 32 heavy (non-hydrogen) atoms. The van der Waals surface area contributed by atoms with Crippen LogP contribution in [0.2, 0.25) is 0 Å². The number of aliphatic hydroxyl groups is 3. The Balaban J connectivity index is 2.14. The van der Waals surface area contributed by atoms with Crippen molar-refractivity contribution < 1.29 is 34.8 Å². The summed E-state index contributed by atoms with van der Waals surface area (Å²) in [4.78, 5) is 23.6. The highest BCUT2D eigenvalue weighted by molar-refractivity contribution is 5.76. The number of hydrogen-bond donors (Lipinski definition) is 4. The molecule has 0 saturated heterocycles. The molecule has 2 aliphatic rings. The Hall–Kier alpha value is -1.70. The Morgan fingerprint density at radius 2 is 1.84 bits per heavy atom. The van der Waals surface area contributed by atoms with Crippen LogP contribution in [0.25, 0.3) is 0 Å². The maximum Gasteiger partial charge on any atom is 0.314 e. The number of allylic oxidation sites excluding steroid dienone is 3. The molecule has 0 aromatic rings. The van der Waals surface area contributed by atoms with E-state index in [0.29, 0.717) is 19.3 Å². The number of hydrogen-bond acceptors (Lipinski definition) is 6. The van der Waals surface area contributed by atoms with Gasteiger partial charge in [0, 0.05) is 5.92 Å². The second-order valence-corrected chi connectivity index (χ2v) is 10.3. The first-order valence-electron chi connectivity index (χ1n) is 11.7. The Morgan fingerprint density at radius 3 is 2.44 bits per heavy atom. The second kappa shape index (κ2) is 10.9. The van der Waals surface area contributed by atoms with E-state index < -0.39 is 35.7 Å². The lowest BCUT2D eigenvalue weighted by Crippen LogP contribution is -2.45. The van der Waals surface area contributed by atoms with E-state index in [4.69, 9.17) is 9.84 Å². The minimum atomic E-state index is -1.09. The SMILES string of the molecule is C[C@H](O)C(C)(C)C(=O)O[C@H]1C[C@@H](C)C=C2C=C[C@H](C)[C@H](CC[C@@H](O)C[C@@H](O)CC(=O)O)[C@H]21. The van der Waals surface area contributed by atoms with Crippen LogP contribution in [0.1, 0.15) is 66.7 Å². The van der Waals surface area contributed by atoms with Gasteiger partial charge in [0.2, 0.25) is 0 Å². The molecule has 0 fully saturated rings. The average molecular weight is 453 g/mol. The number of carbonyl (C=O) groups excluding carboxylic acids is 1. The highest BCUT2D eigenvalue weighted by atomic mass is 16.5. The molecule has 0 aromatic carbocycles. The van der Waals surface area contributed by atoms with Crippen LogP contribution in [-0.2, 0) is 14.3 Å². The van der Waals surface area contributed by atoms with Crippen molar-refractivity contribution in [3.05, 3.63) is 23.8 Å². The van der Waals surface area contributed by atoms with E-state index in [1.54, 1.807) is 20.8 Å². The van der Waals surface area contributed by atoms with Crippen molar-refractivity contribution in [3.63, 3.8) is 0 Å². The molecule has 0 spiro atoms. The zero-order valence-electron chi connectivity index (χ0n) is 19.9. The van der Waals surface area contributed by atoms with Gasteiger partial charge in [-0.3, -0.25) is 9.59 Å².